The third-order valence-electron chi connectivity index (χ3n) is 4.37. The van der Waals surface area contributed by atoms with Crippen LogP contribution in [0.2, 0.25) is 0 Å². The average Bonchev–Trinajstić information content (AvgIpc) is 2.54. The molecule has 0 aromatic heterocycles. The highest BCUT2D eigenvalue weighted by Gasteiger charge is 2.19. The molecule has 0 aliphatic carbocycles. The Morgan fingerprint density at radius 1 is 1.19 bits per heavy atom. The Hall–Kier alpha value is -1.06. The van der Waals surface area contributed by atoms with E-state index in [2.05, 4.69) is 55.3 Å². The summed E-state index contributed by atoms with van der Waals surface area (Å²) in [6, 6.07) is 9.60. The predicted octanol–water partition coefficient (Wildman–Crippen LogP) is 3.61. The molecule has 1 aliphatic rings. The van der Waals surface area contributed by atoms with Crippen molar-refractivity contribution in [2.75, 3.05) is 26.2 Å². The molecular formula is C18H30N2O. The van der Waals surface area contributed by atoms with Crippen molar-refractivity contribution in [3.8, 4) is 5.75 Å². The number of nitrogens with one attached hydrogen (secondary N) is 1. The fourth-order valence-electron chi connectivity index (χ4n) is 2.94. The van der Waals surface area contributed by atoms with Gasteiger partial charge in [-0.3, -0.25) is 0 Å². The molecule has 118 valence electrons. The van der Waals surface area contributed by atoms with Crippen molar-refractivity contribution in [3.63, 3.8) is 0 Å². The van der Waals surface area contributed by atoms with Crippen molar-refractivity contribution >= 4 is 0 Å². The van der Waals surface area contributed by atoms with E-state index < -0.39 is 0 Å². The summed E-state index contributed by atoms with van der Waals surface area (Å²) in [5.74, 6) is 0.976. The summed E-state index contributed by atoms with van der Waals surface area (Å²) in [6.45, 7) is 11.1. The van der Waals surface area contributed by atoms with Gasteiger partial charge in [0.25, 0.3) is 0 Å². The van der Waals surface area contributed by atoms with Gasteiger partial charge in [0.15, 0.2) is 0 Å². The van der Waals surface area contributed by atoms with Crippen LogP contribution >= 0.6 is 0 Å². The van der Waals surface area contributed by atoms with Crippen molar-refractivity contribution < 1.29 is 4.74 Å². The number of nitrogens with zero attached hydrogens (tertiary/aromatic N) is 1. The van der Waals surface area contributed by atoms with Gasteiger partial charge in [0, 0.05) is 12.1 Å². The summed E-state index contributed by atoms with van der Waals surface area (Å²) < 4.78 is 5.64. The number of hydrogen-bond donors (Lipinski definition) is 1. The molecule has 0 bridgehead atoms. The first kappa shape index (κ1) is 16.3. The van der Waals surface area contributed by atoms with Crippen LogP contribution in [0.5, 0.6) is 5.75 Å². The maximum atomic E-state index is 5.64. The second-order valence-corrected chi connectivity index (χ2v) is 6.01. The Balaban J connectivity index is 1.81. The van der Waals surface area contributed by atoms with Gasteiger partial charge in [-0.15, -0.1) is 0 Å². The first-order valence-corrected chi connectivity index (χ1v) is 8.44. The monoisotopic (exact) mass is 290 g/mol. The molecule has 1 aromatic rings. The first-order valence-electron chi connectivity index (χ1n) is 8.44. The van der Waals surface area contributed by atoms with Crippen LogP contribution in [0.4, 0.5) is 0 Å². The summed E-state index contributed by atoms with van der Waals surface area (Å²) in [7, 11) is 0. The minimum absolute atomic E-state index is 0.406. The standard InChI is InChI=1S/C18H30N2O/c1-4-14-21-18-8-6-16(7-9-18)15(3)19-17-10-12-20(5-2)13-11-17/h6-9,15,17,19H,4-5,10-14H2,1-3H3. The lowest BCUT2D eigenvalue weighted by Gasteiger charge is -2.33. The Labute approximate surface area is 129 Å². The van der Waals surface area contributed by atoms with E-state index in [-0.39, 0.29) is 0 Å². The van der Waals surface area contributed by atoms with E-state index >= 15 is 0 Å². The van der Waals surface area contributed by atoms with Gasteiger partial charge in [0.05, 0.1) is 6.61 Å². The molecule has 1 fully saturated rings. The summed E-state index contributed by atoms with van der Waals surface area (Å²) in [6.07, 6.45) is 3.57. The van der Waals surface area contributed by atoms with E-state index in [1.807, 2.05) is 0 Å². The van der Waals surface area contributed by atoms with Crippen molar-refractivity contribution in [2.45, 2.75) is 52.1 Å². The molecule has 0 saturated carbocycles. The summed E-state index contributed by atoms with van der Waals surface area (Å²) in [5.41, 5.74) is 1.34. The zero-order valence-electron chi connectivity index (χ0n) is 13.8. The fraction of sp³-hybridized carbons (Fsp3) is 0.667. The van der Waals surface area contributed by atoms with Crippen LogP contribution in [0.25, 0.3) is 0 Å². The number of benzene rings is 1. The quantitative estimate of drug-likeness (QED) is 0.830. The zero-order valence-corrected chi connectivity index (χ0v) is 13.8. The van der Waals surface area contributed by atoms with Crippen LogP contribution in [-0.4, -0.2) is 37.2 Å². The van der Waals surface area contributed by atoms with Gasteiger partial charge >= 0.3 is 0 Å². The number of piperidine rings is 1. The van der Waals surface area contributed by atoms with Gasteiger partial charge in [-0.2, -0.15) is 0 Å². The summed E-state index contributed by atoms with van der Waals surface area (Å²) in [5, 5.41) is 3.77. The maximum absolute atomic E-state index is 5.64. The van der Waals surface area contributed by atoms with E-state index in [0.717, 1.165) is 18.8 Å². The predicted molar refractivity (Wildman–Crippen MR) is 88.9 cm³/mol. The molecule has 0 spiro atoms. The molecule has 1 unspecified atom stereocenters. The van der Waals surface area contributed by atoms with Gasteiger partial charge in [0.2, 0.25) is 0 Å². The van der Waals surface area contributed by atoms with Crippen molar-refractivity contribution in [1.82, 2.24) is 10.2 Å². The molecule has 21 heavy (non-hydrogen) atoms. The van der Waals surface area contributed by atoms with Crippen LogP contribution in [0.1, 0.15) is 51.6 Å². The van der Waals surface area contributed by atoms with E-state index in [4.69, 9.17) is 4.74 Å². The number of likely N-dealkylation sites (tertiary alicyclic amines) is 1. The van der Waals surface area contributed by atoms with E-state index in [1.165, 1.54) is 38.0 Å². The second kappa shape index (κ2) is 8.40. The molecule has 1 heterocycles. The summed E-state index contributed by atoms with van der Waals surface area (Å²) >= 11 is 0. The van der Waals surface area contributed by atoms with Gasteiger partial charge in [-0.1, -0.05) is 26.0 Å². The number of hydrogen-bond acceptors (Lipinski definition) is 3. The highest BCUT2D eigenvalue weighted by Crippen LogP contribution is 2.20. The molecule has 1 N–H and O–H groups in total. The topological polar surface area (TPSA) is 24.5 Å². The van der Waals surface area contributed by atoms with Crippen molar-refractivity contribution in [3.05, 3.63) is 29.8 Å². The van der Waals surface area contributed by atoms with E-state index in [1.54, 1.807) is 0 Å². The van der Waals surface area contributed by atoms with Crippen LogP contribution in [0.15, 0.2) is 24.3 Å². The molecule has 1 aliphatic heterocycles. The molecule has 3 nitrogen and oxygen atoms in total. The third kappa shape index (κ3) is 5.01. The van der Waals surface area contributed by atoms with E-state index in [9.17, 15) is 0 Å². The van der Waals surface area contributed by atoms with Crippen molar-refractivity contribution in [2.24, 2.45) is 0 Å². The SMILES string of the molecule is CCCOc1ccc(C(C)NC2CCN(CC)CC2)cc1. The van der Waals surface area contributed by atoms with Crippen LogP contribution in [0.3, 0.4) is 0 Å². The highest BCUT2D eigenvalue weighted by molar-refractivity contribution is 5.29. The molecule has 1 atom stereocenters. The Morgan fingerprint density at radius 3 is 2.43 bits per heavy atom. The normalized spacial score (nSPS) is 18.6. The molecule has 1 saturated heterocycles. The molecule has 0 radical (unpaired) electrons. The van der Waals surface area contributed by atoms with Crippen molar-refractivity contribution in [1.29, 1.82) is 0 Å². The fourth-order valence-corrected chi connectivity index (χ4v) is 2.94. The molecule has 0 amide bonds. The van der Waals surface area contributed by atoms with Gasteiger partial charge < -0.3 is 15.0 Å². The van der Waals surface area contributed by atoms with Gasteiger partial charge in [-0.25, -0.2) is 0 Å². The summed E-state index contributed by atoms with van der Waals surface area (Å²) in [4.78, 5) is 2.53. The minimum Gasteiger partial charge on any atom is -0.494 e. The Morgan fingerprint density at radius 2 is 1.86 bits per heavy atom. The lowest BCUT2D eigenvalue weighted by atomic mass is 10.0. The lowest BCUT2D eigenvalue weighted by molar-refractivity contribution is 0.200. The van der Waals surface area contributed by atoms with Crippen LogP contribution in [0, 0.1) is 0 Å². The Kier molecular flexibility index (Phi) is 6.52. The maximum Gasteiger partial charge on any atom is 0.119 e. The highest BCUT2D eigenvalue weighted by atomic mass is 16.5. The Bertz CT molecular complexity index is 396. The van der Waals surface area contributed by atoms with Crippen LogP contribution < -0.4 is 10.1 Å². The first-order chi connectivity index (χ1) is 10.2. The molecular weight excluding hydrogens is 260 g/mol. The second-order valence-electron chi connectivity index (χ2n) is 6.01. The van der Waals surface area contributed by atoms with Crippen LogP contribution in [-0.2, 0) is 0 Å². The number of rotatable bonds is 7. The zero-order chi connectivity index (χ0) is 15.1. The van der Waals surface area contributed by atoms with Gasteiger partial charge in [-0.05, 0) is 63.5 Å². The minimum atomic E-state index is 0.406. The molecule has 2 rings (SSSR count). The largest absolute Gasteiger partial charge is 0.494 e. The molecule has 1 aromatic carbocycles. The smallest absolute Gasteiger partial charge is 0.119 e. The van der Waals surface area contributed by atoms with Gasteiger partial charge in [0.1, 0.15) is 5.75 Å². The number of ether oxygens (including phenoxy) is 1. The molecule has 3 heteroatoms. The van der Waals surface area contributed by atoms with E-state index in [0.29, 0.717) is 12.1 Å². The average molecular weight is 290 g/mol. The third-order valence-corrected chi connectivity index (χ3v) is 4.37. The lowest BCUT2D eigenvalue weighted by Crippen LogP contribution is -2.43.